The predicted octanol–water partition coefficient (Wildman–Crippen LogP) is 4.92. The van der Waals surface area contributed by atoms with Crippen LogP contribution >= 0.6 is 0 Å². The van der Waals surface area contributed by atoms with Gasteiger partial charge < -0.3 is 20.9 Å². The number of aromatic nitrogens is 2. The van der Waals surface area contributed by atoms with Gasteiger partial charge in [-0.05, 0) is 48.7 Å². The number of fused-ring (bicyclic) bond motifs is 1. The average Bonchev–Trinajstić information content (AvgIpc) is 2.89. The maximum Gasteiger partial charge on any atom is 0.267 e. The molecule has 9 nitrogen and oxygen atoms in total. The summed E-state index contributed by atoms with van der Waals surface area (Å²) in [4.78, 5) is 21.3. The lowest BCUT2D eigenvalue weighted by molar-refractivity contribution is -0.128. The Balaban J connectivity index is 0.00000127. The highest BCUT2D eigenvalue weighted by molar-refractivity contribution is 5.95. The highest BCUT2D eigenvalue weighted by Gasteiger charge is 2.24. The molecule has 0 spiro atoms. The van der Waals surface area contributed by atoms with Gasteiger partial charge in [0.2, 0.25) is 5.95 Å². The van der Waals surface area contributed by atoms with Gasteiger partial charge in [0.05, 0.1) is 26.5 Å². The number of hydrazone groups is 1. The standard InChI is InChI=1S/C26H28N6O3.C3H8/c1-15-21(25(27)31-26(28)30-15)12-17-11-18(24(35-4)22(13-17)34-3)9-10-23(33)32-16(2)20-8-6-5-7-19(20)14-29-32;1-3-2/h5-11,13-14,16H,12H2,1-4H3,(H4,27,28,30,31);3H2,1-2H3/b10-9+;. The molecule has 0 fully saturated rings. The number of ether oxygens (including phenoxy) is 2. The van der Waals surface area contributed by atoms with Crippen molar-refractivity contribution >= 4 is 30.0 Å². The van der Waals surface area contributed by atoms with Gasteiger partial charge in [-0.3, -0.25) is 4.79 Å². The molecule has 2 heterocycles. The van der Waals surface area contributed by atoms with Crippen molar-refractivity contribution in [1.29, 1.82) is 0 Å². The summed E-state index contributed by atoms with van der Waals surface area (Å²) < 4.78 is 11.1. The Hall–Kier alpha value is -4.40. The number of anilines is 2. The molecule has 200 valence electrons. The molecule has 1 atom stereocenters. The van der Waals surface area contributed by atoms with E-state index in [9.17, 15) is 4.79 Å². The molecule has 0 aliphatic carbocycles. The van der Waals surface area contributed by atoms with Gasteiger partial charge in [0, 0.05) is 29.3 Å². The first-order valence-corrected chi connectivity index (χ1v) is 12.5. The predicted molar refractivity (Wildman–Crippen MR) is 152 cm³/mol. The fourth-order valence-corrected chi connectivity index (χ4v) is 4.19. The summed E-state index contributed by atoms with van der Waals surface area (Å²) in [7, 11) is 3.12. The van der Waals surface area contributed by atoms with Crippen LogP contribution in [0.2, 0.25) is 0 Å². The molecule has 4 N–H and O–H groups in total. The molecule has 3 aromatic rings. The number of carbonyl (C=O) groups is 1. The lowest BCUT2D eigenvalue weighted by atomic mass is 9.99. The number of nitrogen functional groups attached to an aromatic ring is 2. The van der Waals surface area contributed by atoms with Crippen molar-refractivity contribution in [2.45, 2.75) is 46.6 Å². The Bertz CT molecular complexity index is 1330. The summed E-state index contributed by atoms with van der Waals surface area (Å²) in [6.45, 7) is 8.04. The van der Waals surface area contributed by atoms with Crippen LogP contribution in [0.5, 0.6) is 11.5 Å². The van der Waals surface area contributed by atoms with E-state index in [-0.39, 0.29) is 17.9 Å². The van der Waals surface area contributed by atoms with E-state index in [4.69, 9.17) is 20.9 Å². The number of hydrogen-bond acceptors (Lipinski definition) is 8. The van der Waals surface area contributed by atoms with Crippen LogP contribution in [-0.2, 0) is 11.2 Å². The third-order valence-corrected chi connectivity index (χ3v) is 5.98. The Morgan fingerprint density at radius 2 is 1.82 bits per heavy atom. The fraction of sp³-hybridized carbons (Fsp3) is 0.310. The smallest absolute Gasteiger partial charge is 0.267 e. The number of aryl methyl sites for hydroxylation is 1. The third kappa shape index (κ3) is 6.29. The highest BCUT2D eigenvalue weighted by atomic mass is 16.5. The molecule has 4 rings (SSSR count). The molecule has 1 unspecified atom stereocenters. The van der Waals surface area contributed by atoms with Gasteiger partial charge in [0.1, 0.15) is 5.82 Å². The molecule has 1 aromatic heterocycles. The summed E-state index contributed by atoms with van der Waals surface area (Å²) in [5.74, 6) is 1.26. The van der Waals surface area contributed by atoms with Crippen molar-refractivity contribution in [3.05, 3.63) is 76.0 Å². The zero-order valence-electron chi connectivity index (χ0n) is 22.9. The molecule has 0 radical (unpaired) electrons. The second-order valence-electron chi connectivity index (χ2n) is 8.90. The highest BCUT2D eigenvalue weighted by Crippen LogP contribution is 2.35. The van der Waals surface area contributed by atoms with Crippen molar-refractivity contribution in [2.24, 2.45) is 5.10 Å². The molecule has 2 aromatic carbocycles. The van der Waals surface area contributed by atoms with Crippen molar-refractivity contribution in [1.82, 2.24) is 15.0 Å². The second kappa shape index (κ2) is 12.7. The van der Waals surface area contributed by atoms with Crippen LogP contribution in [0.1, 0.15) is 66.7 Å². The van der Waals surface area contributed by atoms with Crippen LogP contribution in [-0.4, -0.2) is 41.3 Å². The quantitative estimate of drug-likeness (QED) is 0.445. The summed E-state index contributed by atoms with van der Waals surface area (Å²) in [5.41, 5.74) is 16.9. The largest absolute Gasteiger partial charge is 0.493 e. The van der Waals surface area contributed by atoms with Gasteiger partial charge in [-0.15, -0.1) is 0 Å². The van der Waals surface area contributed by atoms with Crippen molar-refractivity contribution in [3.8, 4) is 11.5 Å². The Kier molecular flexibility index (Phi) is 9.43. The van der Waals surface area contributed by atoms with Gasteiger partial charge in [0.15, 0.2) is 11.5 Å². The zero-order chi connectivity index (χ0) is 27.8. The number of rotatable bonds is 6. The molecule has 9 heteroatoms. The minimum atomic E-state index is -0.248. The first kappa shape index (κ1) is 28.2. The zero-order valence-corrected chi connectivity index (χ0v) is 22.9. The van der Waals surface area contributed by atoms with Gasteiger partial charge in [0.25, 0.3) is 5.91 Å². The number of hydrogen-bond donors (Lipinski definition) is 2. The van der Waals surface area contributed by atoms with Gasteiger partial charge in [-0.1, -0.05) is 44.5 Å². The molecule has 1 aliphatic heterocycles. The molecular formula is C29H36N6O3. The van der Waals surface area contributed by atoms with E-state index in [1.807, 2.05) is 50.2 Å². The van der Waals surface area contributed by atoms with Gasteiger partial charge in [-0.25, -0.2) is 9.99 Å². The maximum atomic E-state index is 13.1. The van der Waals surface area contributed by atoms with Crippen LogP contribution in [0.25, 0.3) is 6.08 Å². The van der Waals surface area contributed by atoms with Crippen LogP contribution in [0.4, 0.5) is 11.8 Å². The molecule has 0 saturated heterocycles. The number of benzene rings is 2. The number of amides is 1. The molecule has 38 heavy (non-hydrogen) atoms. The SMILES string of the molecule is CCC.COc1cc(Cc2c(C)nc(N)nc2N)cc(/C=C/C(=O)N2N=Cc3ccccc3C2C)c1OC. The lowest BCUT2D eigenvalue weighted by Gasteiger charge is -2.28. The summed E-state index contributed by atoms with van der Waals surface area (Å²) in [5, 5.41) is 5.81. The second-order valence-corrected chi connectivity index (χ2v) is 8.90. The Morgan fingerprint density at radius 3 is 2.47 bits per heavy atom. The number of nitrogens with zero attached hydrogens (tertiary/aromatic N) is 4. The molecule has 0 saturated carbocycles. The average molecular weight is 517 g/mol. The summed E-state index contributed by atoms with van der Waals surface area (Å²) in [6.07, 6.45) is 6.59. The Morgan fingerprint density at radius 1 is 1.11 bits per heavy atom. The summed E-state index contributed by atoms with van der Waals surface area (Å²) in [6, 6.07) is 11.5. The van der Waals surface area contributed by atoms with E-state index in [2.05, 4.69) is 28.9 Å². The van der Waals surface area contributed by atoms with Crippen LogP contribution < -0.4 is 20.9 Å². The number of nitrogens with two attached hydrogens (primary N) is 2. The van der Waals surface area contributed by atoms with Crippen LogP contribution in [0.3, 0.4) is 0 Å². The van der Waals surface area contributed by atoms with Crippen molar-refractivity contribution < 1.29 is 14.3 Å². The topological polar surface area (TPSA) is 129 Å². The maximum absolute atomic E-state index is 13.1. The summed E-state index contributed by atoms with van der Waals surface area (Å²) >= 11 is 0. The van der Waals surface area contributed by atoms with E-state index in [0.717, 1.165) is 22.3 Å². The van der Waals surface area contributed by atoms with Gasteiger partial charge in [-0.2, -0.15) is 10.1 Å². The fourth-order valence-electron chi connectivity index (χ4n) is 4.19. The molecule has 0 bridgehead atoms. The van der Waals surface area contributed by atoms with Crippen molar-refractivity contribution in [3.63, 3.8) is 0 Å². The number of methoxy groups -OCH3 is 2. The van der Waals surface area contributed by atoms with Crippen LogP contribution in [0.15, 0.2) is 47.6 Å². The third-order valence-electron chi connectivity index (χ3n) is 5.98. The minimum Gasteiger partial charge on any atom is -0.493 e. The molecular weight excluding hydrogens is 480 g/mol. The van der Waals surface area contributed by atoms with E-state index in [0.29, 0.717) is 35.0 Å². The van der Waals surface area contributed by atoms with Gasteiger partial charge >= 0.3 is 0 Å². The first-order chi connectivity index (χ1) is 18.2. The van der Waals surface area contributed by atoms with Crippen molar-refractivity contribution in [2.75, 3.05) is 25.7 Å². The van der Waals surface area contributed by atoms with E-state index < -0.39 is 0 Å². The normalized spacial score (nSPS) is 14.1. The van der Waals surface area contributed by atoms with Crippen LogP contribution in [0, 0.1) is 6.92 Å². The Labute approximate surface area is 224 Å². The van der Waals surface area contributed by atoms with E-state index >= 15 is 0 Å². The number of carbonyl (C=O) groups excluding carboxylic acids is 1. The molecule has 1 aliphatic rings. The minimum absolute atomic E-state index is 0.135. The van der Waals surface area contributed by atoms with E-state index in [1.54, 1.807) is 26.5 Å². The monoisotopic (exact) mass is 516 g/mol. The molecule has 1 amide bonds. The first-order valence-electron chi connectivity index (χ1n) is 12.5. The lowest BCUT2D eigenvalue weighted by Crippen LogP contribution is -2.30. The van der Waals surface area contributed by atoms with E-state index in [1.165, 1.54) is 17.5 Å².